The van der Waals surface area contributed by atoms with E-state index in [0.29, 0.717) is 30.3 Å². The van der Waals surface area contributed by atoms with Crippen LogP contribution in [0.5, 0.6) is 11.5 Å². The van der Waals surface area contributed by atoms with E-state index in [2.05, 4.69) is 10.9 Å². The molecule has 8 heteroatoms. The zero-order valence-corrected chi connectivity index (χ0v) is 14.6. The van der Waals surface area contributed by atoms with Gasteiger partial charge >= 0.3 is 5.97 Å². The molecule has 2 aromatic rings. The SMILES string of the molecule is C[C@H](OC(=O)c1ccc2c(c1)OCCO2)C(=O)NNC(=O)c1ccccc1. The van der Waals surface area contributed by atoms with Crippen LogP contribution in [-0.4, -0.2) is 37.1 Å². The van der Waals surface area contributed by atoms with Crippen LogP contribution in [0.4, 0.5) is 0 Å². The fraction of sp³-hybridized carbons (Fsp3) is 0.211. The Kier molecular flexibility index (Phi) is 5.55. The zero-order valence-electron chi connectivity index (χ0n) is 14.6. The number of nitrogens with one attached hydrogen (secondary N) is 2. The van der Waals surface area contributed by atoms with E-state index in [-0.39, 0.29) is 5.56 Å². The quantitative estimate of drug-likeness (QED) is 0.624. The van der Waals surface area contributed by atoms with Gasteiger partial charge in [0.1, 0.15) is 13.2 Å². The molecular formula is C19H18N2O6. The molecule has 0 saturated carbocycles. The first-order valence-corrected chi connectivity index (χ1v) is 8.30. The van der Waals surface area contributed by atoms with E-state index in [1.165, 1.54) is 19.1 Å². The van der Waals surface area contributed by atoms with Crippen LogP contribution in [0.25, 0.3) is 0 Å². The first kappa shape index (κ1) is 18.2. The van der Waals surface area contributed by atoms with Gasteiger partial charge in [0.15, 0.2) is 17.6 Å². The molecule has 1 aliphatic heterocycles. The maximum atomic E-state index is 12.2. The van der Waals surface area contributed by atoms with Crippen molar-refractivity contribution in [1.29, 1.82) is 0 Å². The smallest absolute Gasteiger partial charge is 0.339 e. The van der Waals surface area contributed by atoms with Gasteiger partial charge in [-0.15, -0.1) is 0 Å². The van der Waals surface area contributed by atoms with E-state index >= 15 is 0 Å². The van der Waals surface area contributed by atoms with E-state index in [4.69, 9.17) is 14.2 Å². The number of carbonyl (C=O) groups is 3. The van der Waals surface area contributed by atoms with Crippen LogP contribution in [0.2, 0.25) is 0 Å². The summed E-state index contributed by atoms with van der Waals surface area (Å²) >= 11 is 0. The number of benzene rings is 2. The molecular weight excluding hydrogens is 352 g/mol. The van der Waals surface area contributed by atoms with Gasteiger partial charge in [0.2, 0.25) is 0 Å². The Bertz CT molecular complexity index is 853. The zero-order chi connectivity index (χ0) is 19.2. The van der Waals surface area contributed by atoms with Gasteiger partial charge in [-0.3, -0.25) is 20.4 Å². The Hall–Kier alpha value is -3.55. The van der Waals surface area contributed by atoms with E-state index in [0.717, 1.165) is 0 Å². The van der Waals surface area contributed by atoms with Gasteiger partial charge < -0.3 is 14.2 Å². The maximum absolute atomic E-state index is 12.2. The summed E-state index contributed by atoms with van der Waals surface area (Å²) in [4.78, 5) is 36.1. The standard InChI is InChI=1S/C19H18N2O6/c1-12(17(22)20-21-18(23)13-5-3-2-4-6-13)27-19(24)14-7-8-15-16(11-14)26-10-9-25-15/h2-8,11-12H,9-10H2,1H3,(H,20,22)(H,21,23)/t12-/m0/s1. The molecule has 1 aliphatic rings. The Morgan fingerprint density at radius 1 is 0.926 bits per heavy atom. The third kappa shape index (κ3) is 4.55. The Morgan fingerprint density at radius 3 is 2.37 bits per heavy atom. The van der Waals surface area contributed by atoms with E-state index in [1.54, 1.807) is 36.4 Å². The van der Waals surface area contributed by atoms with E-state index in [9.17, 15) is 14.4 Å². The van der Waals surface area contributed by atoms with Crippen LogP contribution in [-0.2, 0) is 9.53 Å². The van der Waals surface area contributed by atoms with Crippen molar-refractivity contribution in [2.75, 3.05) is 13.2 Å². The summed E-state index contributed by atoms with van der Waals surface area (Å²) in [5.41, 5.74) is 5.11. The molecule has 140 valence electrons. The van der Waals surface area contributed by atoms with Crippen molar-refractivity contribution < 1.29 is 28.6 Å². The van der Waals surface area contributed by atoms with Crippen LogP contribution in [0.3, 0.4) is 0 Å². The lowest BCUT2D eigenvalue weighted by Crippen LogP contribution is -2.46. The highest BCUT2D eigenvalue weighted by molar-refractivity contribution is 5.96. The molecule has 1 atom stereocenters. The minimum Gasteiger partial charge on any atom is -0.486 e. The molecule has 0 aromatic heterocycles. The van der Waals surface area contributed by atoms with Crippen molar-refractivity contribution in [2.24, 2.45) is 0 Å². The Labute approximate surface area is 155 Å². The maximum Gasteiger partial charge on any atom is 0.339 e. The normalized spacial score (nSPS) is 13.2. The molecule has 27 heavy (non-hydrogen) atoms. The van der Waals surface area contributed by atoms with E-state index < -0.39 is 23.9 Å². The van der Waals surface area contributed by atoms with Gasteiger partial charge in [-0.2, -0.15) is 0 Å². The second-order valence-corrected chi connectivity index (χ2v) is 5.72. The summed E-state index contributed by atoms with van der Waals surface area (Å²) in [5.74, 6) is -0.835. The third-order valence-corrected chi connectivity index (χ3v) is 3.77. The number of esters is 1. The topological polar surface area (TPSA) is 103 Å². The number of rotatable bonds is 4. The molecule has 3 rings (SSSR count). The monoisotopic (exact) mass is 370 g/mol. The lowest BCUT2D eigenvalue weighted by molar-refractivity contribution is -0.129. The van der Waals surface area contributed by atoms with Gasteiger partial charge in [-0.05, 0) is 37.3 Å². The second-order valence-electron chi connectivity index (χ2n) is 5.72. The summed E-state index contributed by atoms with van der Waals surface area (Å²) in [6, 6.07) is 13.0. The summed E-state index contributed by atoms with van der Waals surface area (Å²) in [5, 5.41) is 0. The van der Waals surface area contributed by atoms with Crippen LogP contribution in [0, 0.1) is 0 Å². The predicted octanol–water partition coefficient (Wildman–Crippen LogP) is 1.46. The van der Waals surface area contributed by atoms with Gasteiger partial charge in [0.25, 0.3) is 11.8 Å². The summed E-state index contributed by atoms with van der Waals surface area (Å²) < 4.78 is 15.9. The number of amides is 2. The first-order valence-electron chi connectivity index (χ1n) is 8.30. The van der Waals surface area contributed by atoms with Crippen molar-refractivity contribution >= 4 is 17.8 Å². The number of ether oxygens (including phenoxy) is 3. The molecule has 0 unspecified atom stereocenters. The summed E-state index contributed by atoms with van der Waals surface area (Å²) in [6.07, 6.45) is -1.11. The number of fused-ring (bicyclic) bond motifs is 1. The lowest BCUT2D eigenvalue weighted by Gasteiger charge is -2.19. The molecule has 0 bridgehead atoms. The van der Waals surface area contributed by atoms with Crippen molar-refractivity contribution in [2.45, 2.75) is 13.0 Å². The largest absolute Gasteiger partial charge is 0.486 e. The van der Waals surface area contributed by atoms with Crippen LogP contribution >= 0.6 is 0 Å². The second kappa shape index (κ2) is 8.22. The Balaban J connectivity index is 1.53. The minimum atomic E-state index is -1.11. The highest BCUT2D eigenvalue weighted by Gasteiger charge is 2.21. The number of carbonyl (C=O) groups excluding carboxylic acids is 3. The first-order chi connectivity index (χ1) is 13.0. The fourth-order valence-electron chi connectivity index (χ4n) is 2.33. The van der Waals surface area contributed by atoms with Gasteiger partial charge in [-0.25, -0.2) is 4.79 Å². The molecule has 8 nitrogen and oxygen atoms in total. The van der Waals surface area contributed by atoms with E-state index in [1.807, 2.05) is 0 Å². The van der Waals surface area contributed by atoms with Crippen LogP contribution in [0.15, 0.2) is 48.5 Å². The highest BCUT2D eigenvalue weighted by Crippen LogP contribution is 2.31. The van der Waals surface area contributed by atoms with Crippen molar-refractivity contribution in [3.05, 3.63) is 59.7 Å². The molecule has 0 radical (unpaired) electrons. The number of hydrazine groups is 1. The summed E-state index contributed by atoms with van der Waals surface area (Å²) in [7, 11) is 0. The van der Waals surface area contributed by atoms with Gasteiger partial charge in [0, 0.05) is 5.56 Å². The number of hydrogen-bond acceptors (Lipinski definition) is 6. The lowest BCUT2D eigenvalue weighted by atomic mass is 10.2. The highest BCUT2D eigenvalue weighted by atomic mass is 16.6. The van der Waals surface area contributed by atoms with Crippen LogP contribution < -0.4 is 20.3 Å². The summed E-state index contributed by atoms with van der Waals surface area (Å²) in [6.45, 7) is 2.24. The molecule has 0 spiro atoms. The molecule has 0 saturated heterocycles. The van der Waals surface area contributed by atoms with Gasteiger partial charge in [-0.1, -0.05) is 18.2 Å². The number of hydrogen-bond donors (Lipinski definition) is 2. The molecule has 0 aliphatic carbocycles. The van der Waals surface area contributed by atoms with Crippen LogP contribution in [0.1, 0.15) is 27.6 Å². The molecule has 2 amide bonds. The van der Waals surface area contributed by atoms with Crippen molar-refractivity contribution in [3.63, 3.8) is 0 Å². The molecule has 0 fully saturated rings. The molecule has 1 heterocycles. The molecule has 2 aromatic carbocycles. The fourth-order valence-corrected chi connectivity index (χ4v) is 2.33. The van der Waals surface area contributed by atoms with Crippen molar-refractivity contribution in [3.8, 4) is 11.5 Å². The average molecular weight is 370 g/mol. The minimum absolute atomic E-state index is 0.229. The van der Waals surface area contributed by atoms with Gasteiger partial charge in [0.05, 0.1) is 5.56 Å². The van der Waals surface area contributed by atoms with Crippen molar-refractivity contribution in [1.82, 2.24) is 10.9 Å². The predicted molar refractivity (Wildman–Crippen MR) is 94.4 cm³/mol. The third-order valence-electron chi connectivity index (χ3n) is 3.77. The molecule has 2 N–H and O–H groups in total. The average Bonchev–Trinajstić information content (AvgIpc) is 2.71. The Morgan fingerprint density at radius 2 is 1.63 bits per heavy atom.